The van der Waals surface area contributed by atoms with Crippen LogP contribution in [0.25, 0.3) is 0 Å². The summed E-state index contributed by atoms with van der Waals surface area (Å²) in [5.41, 5.74) is 2.26. The molecule has 2 aromatic rings. The van der Waals surface area contributed by atoms with E-state index in [4.69, 9.17) is 20.8 Å². The van der Waals surface area contributed by atoms with Crippen molar-refractivity contribution in [3.05, 3.63) is 64.4 Å². The zero-order valence-corrected chi connectivity index (χ0v) is 23.0. The van der Waals surface area contributed by atoms with Crippen LogP contribution in [-0.2, 0) is 15.6 Å². The Labute approximate surface area is 213 Å². The van der Waals surface area contributed by atoms with Crippen molar-refractivity contribution in [2.45, 2.75) is 76.4 Å². The van der Waals surface area contributed by atoms with Gasteiger partial charge < -0.3 is 14.3 Å². The van der Waals surface area contributed by atoms with Gasteiger partial charge in [-0.15, -0.1) is 0 Å². The Morgan fingerprint density at radius 3 is 2.34 bits per heavy atom. The number of esters is 1. The third-order valence-corrected chi connectivity index (χ3v) is 11.9. The maximum Gasteiger partial charge on any atom is 0.407 e. The van der Waals surface area contributed by atoms with E-state index in [9.17, 15) is 14.7 Å². The highest BCUT2D eigenvalue weighted by Gasteiger charge is 2.46. The fraction of sp³-hybridized carbons (Fsp3) is 0.500. The Morgan fingerprint density at radius 1 is 1.17 bits per heavy atom. The molecule has 2 heterocycles. The van der Waals surface area contributed by atoms with Gasteiger partial charge in [0.25, 0.3) is 0 Å². The zero-order chi connectivity index (χ0) is 26.0. The lowest BCUT2D eigenvalue weighted by atomic mass is 10.0. The molecule has 0 bridgehead atoms. The molecule has 0 saturated carbocycles. The van der Waals surface area contributed by atoms with E-state index in [0.29, 0.717) is 30.0 Å². The van der Waals surface area contributed by atoms with Crippen molar-refractivity contribution < 1.29 is 23.9 Å². The number of aromatic nitrogens is 1. The van der Waals surface area contributed by atoms with Crippen molar-refractivity contribution in [2.24, 2.45) is 0 Å². The second-order valence-electron chi connectivity index (χ2n) is 10.6. The van der Waals surface area contributed by atoms with Gasteiger partial charge in [-0.05, 0) is 61.2 Å². The summed E-state index contributed by atoms with van der Waals surface area (Å²) >= 11 is 6.04. The van der Waals surface area contributed by atoms with Gasteiger partial charge in [-0.25, -0.2) is 14.6 Å². The molecule has 3 rings (SSSR count). The molecular formula is C26H35ClN2O5Si. The predicted molar refractivity (Wildman–Crippen MR) is 138 cm³/mol. The number of halogens is 1. The number of rotatable bonds is 7. The third kappa shape index (κ3) is 6.23. The molecule has 1 fully saturated rings. The summed E-state index contributed by atoms with van der Waals surface area (Å²) in [7, 11) is -0.892. The van der Waals surface area contributed by atoms with Crippen molar-refractivity contribution in [2.75, 3.05) is 7.11 Å². The van der Waals surface area contributed by atoms with E-state index >= 15 is 0 Å². The Morgan fingerprint density at radius 2 is 1.83 bits per heavy atom. The van der Waals surface area contributed by atoms with Crippen molar-refractivity contribution in [1.29, 1.82) is 0 Å². The van der Waals surface area contributed by atoms with Crippen molar-refractivity contribution in [3.63, 3.8) is 0 Å². The lowest BCUT2D eigenvalue weighted by Gasteiger charge is -2.42. The summed E-state index contributed by atoms with van der Waals surface area (Å²) < 4.78 is 11.6. The average Bonchev–Trinajstić information content (AvgIpc) is 3.21. The standard InChI is InChI=1S/C26H35ClN2O5Si/c1-26(2,3)35(5,6)34-23(19-11-14-22(27)28-16-19)21-13-12-20(29(21)25(31)32)15-17-7-9-18(10-8-17)24(30)33-4/h7-11,14,16,20-21,23H,12-13,15H2,1-6H3,(H,31,32)/t20-,21-,23-/m1/s1. The number of carboxylic acid groups (broad SMARTS) is 1. The fourth-order valence-electron chi connectivity index (χ4n) is 4.29. The topological polar surface area (TPSA) is 89.0 Å². The number of ether oxygens (including phenoxy) is 1. The molecule has 1 amide bonds. The van der Waals surface area contributed by atoms with E-state index in [0.717, 1.165) is 11.1 Å². The molecule has 0 spiro atoms. The molecule has 190 valence electrons. The molecule has 0 radical (unpaired) electrons. The van der Waals surface area contributed by atoms with E-state index in [1.54, 1.807) is 29.3 Å². The highest BCUT2D eigenvalue weighted by atomic mass is 35.5. The first-order valence-electron chi connectivity index (χ1n) is 11.8. The number of nitrogens with zero attached hydrogens (tertiary/aromatic N) is 2. The van der Waals surface area contributed by atoms with Gasteiger partial charge in [-0.1, -0.05) is 50.6 Å². The molecule has 9 heteroatoms. The molecule has 1 saturated heterocycles. The molecule has 0 unspecified atom stereocenters. The highest BCUT2D eigenvalue weighted by Crippen LogP contribution is 2.44. The Balaban J connectivity index is 1.90. The Bertz CT molecular complexity index is 1040. The van der Waals surface area contributed by atoms with Crippen LogP contribution in [0, 0.1) is 0 Å². The van der Waals surface area contributed by atoms with E-state index in [1.165, 1.54) is 7.11 Å². The molecule has 0 aliphatic carbocycles. The molecule has 35 heavy (non-hydrogen) atoms. The van der Waals surface area contributed by atoms with Gasteiger partial charge >= 0.3 is 12.1 Å². The molecule has 1 aliphatic rings. The summed E-state index contributed by atoms with van der Waals surface area (Å²) in [6.45, 7) is 10.8. The monoisotopic (exact) mass is 518 g/mol. The van der Waals surface area contributed by atoms with Crippen LogP contribution in [0.15, 0.2) is 42.6 Å². The van der Waals surface area contributed by atoms with E-state index in [2.05, 4.69) is 38.8 Å². The van der Waals surface area contributed by atoms with Crippen molar-refractivity contribution in [3.8, 4) is 0 Å². The van der Waals surface area contributed by atoms with Crippen LogP contribution in [-0.4, -0.2) is 54.6 Å². The van der Waals surface area contributed by atoms with Gasteiger partial charge in [0.2, 0.25) is 0 Å². The van der Waals surface area contributed by atoms with Crippen LogP contribution in [0.2, 0.25) is 23.3 Å². The first-order valence-corrected chi connectivity index (χ1v) is 15.1. The summed E-state index contributed by atoms with van der Waals surface area (Å²) in [4.78, 5) is 30.1. The molecule has 1 aromatic carbocycles. The smallest absolute Gasteiger partial charge is 0.407 e. The lowest BCUT2D eigenvalue weighted by Crippen LogP contribution is -2.49. The first kappa shape index (κ1) is 27.2. The van der Waals surface area contributed by atoms with Gasteiger partial charge in [0.1, 0.15) is 5.15 Å². The summed E-state index contributed by atoms with van der Waals surface area (Å²) in [5.74, 6) is -0.396. The number of hydrogen-bond donors (Lipinski definition) is 1. The van der Waals surface area contributed by atoms with Crippen molar-refractivity contribution in [1.82, 2.24) is 9.88 Å². The van der Waals surface area contributed by atoms with Crippen LogP contribution in [0.5, 0.6) is 0 Å². The summed E-state index contributed by atoms with van der Waals surface area (Å²) in [6, 6.07) is 10.2. The first-order chi connectivity index (χ1) is 16.3. The number of carbonyl (C=O) groups is 2. The van der Waals surface area contributed by atoms with E-state index in [-0.39, 0.29) is 17.1 Å². The molecule has 3 atom stereocenters. The number of methoxy groups -OCH3 is 1. The maximum atomic E-state index is 12.5. The number of pyridine rings is 1. The van der Waals surface area contributed by atoms with Crippen LogP contribution in [0.3, 0.4) is 0 Å². The van der Waals surface area contributed by atoms with E-state index < -0.39 is 26.5 Å². The molecule has 1 aromatic heterocycles. The average molecular weight is 519 g/mol. The molecular weight excluding hydrogens is 484 g/mol. The molecule has 1 N–H and O–H groups in total. The third-order valence-electron chi connectivity index (χ3n) is 7.27. The minimum Gasteiger partial charge on any atom is -0.465 e. The van der Waals surface area contributed by atoms with Crippen LogP contribution in [0.1, 0.15) is 61.2 Å². The summed E-state index contributed by atoms with van der Waals surface area (Å²) in [6.07, 6.45) is 2.24. The fourth-order valence-corrected chi connectivity index (χ4v) is 5.69. The normalized spacial score (nSPS) is 19.5. The predicted octanol–water partition coefficient (Wildman–Crippen LogP) is 6.34. The SMILES string of the molecule is COC(=O)c1ccc(C[C@H]2CC[C@H]([C@H](O[Si](C)(C)C(C)(C)C)c3ccc(Cl)nc3)N2C(=O)O)cc1. The summed E-state index contributed by atoms with van der Waals surface area (Å²) in [5, 5.41) is 10.6. The number of amides is 1. The highest BCUT2D eigenvalue weighted by molar-refractivity contribution is 6.74. The minimum absolute atomic E-state index is 0.0431. The second-order valence-corrected chi connectivity index (χ2v) is 15.7. The van der Waals surface area contributed by atoms with Crippen LogP contribution < -0.4 is 0 Å². The van der Waals surface area contributed by atoms with Gasteiger partial charge in [0.15, 0.2) is 8.32 Å². The van der Waals surface area contributed by atoms with Crippen LogP contribution in [0.4, 0.5) is 4.79 Å². The quantitative estimate of drug-likeness (QED) is 0.261. The molecule has 1 aliphatic heterocycles. The second kappa shape index (κ2) is 10.7. The lowest BCUT2D eigenvalue weighted by molar-refractivity contribution is 0.0596. The van der Waals surface area contributed by atoms with Crippen molar-refractivity contribution >= 4 is 32.0 Å². The number of hydrogen-bond acceptors (Lipinski definition) is 5. The van der Waals surface area contributed by atoms with Gasteiger partial charge in [-0.2, -0.15) is 0 Å². The Kier molecular flexibility index (Phi) is 8.29. The van der Waals surface area contributed by atoms with Gasteiger partial charge in [-0.3, -0.25) is 4.90 Å². The zero-order valence-electron chi connectivity index (χ0n) is 21.2. The van der Waals surface area contributed by atoms with Crippen LogP contribution >= 0.6 is 11.6 Å². The minimum atomic E-state index is -2.24. The van der Waals surface area contributed by atoms with E-state index in [1.807, 2.05) is 18.2 Å². The van der Waals surface area contributed by atoms with Gasteiger partial charge in [0, 0.05) is 17.8 Å². The maximum absolute atomic E-state index is 12.5. The number of likely N-dealkylation sites (tertiary alicyclic amines) is 1. The Hall–Kier alpha value is -2.42. The largest absolute Gasteiger partial charge is 0.465 e. The van der Waals surface area contributed by atoms with Gasteiger partial charge in [0.05, 0.1) is 24.8 Å². The number of carbonyl (C=O) groups excluding carboxylic acids is 1. The molecule has 7 nitrogen and oxygen atoms in total. The number of benzene rings is 1.